The summed E-state index contributed by atoms with van der Waals surface area (Å²) in [4.78, 5) is 0. The molecule has 1 rings (SSSR count). The number of rotatable bonds is 3. The average molecular weight is 280 g/mol. The van der Waals surface area contributed by atoms with E-state index in [1.54, 1.807) is 0 Å². The van der Waals surface area contributed by atoms with Crippen molar-refractivity contribution in [3.8, 4) is 5.75 Å². The molecule has 0 aliphatic rings. The van der Waals surface area contributed by atoms with E-state index in [0.717, 1.165) is 12.1 Å². The molecule has 0 saturated carbocycles. The molecule has 0 radical (unpaired) electrons. The quantitative estimate of drug-likeness (QED) is 0.670. The Morgan fingerprint density at radius 1 is 1.24 bits per heavy atom. The number of benzene rings is 1. The molecule has 0 aliphatic carbocycles. The van der Waals surface area contributed by atoms with E-state index in [-0.39, 0.29) is 35.1 Å². The first-order valence-corrected chi connectivity index (χ1v) is 5.57. The number of alkyl halides is 3. The zero-order chi connectivity index (χ0) is 12.4. The Kier molecular flexibility index (Phi) is 5.95. The van der Waals surface area contributed by atoms with Crippen LogP contribution in [0.1, 0.15) is 5.56 Å². The van der Waals surface area contributed by atoms with Gasteiger partial charge in [0.25, 0.3) is 10.1 Å². The number of ether oxygens (including phenoxy) is 1. The number of para-hydroxylation sites is 1. The van der Waals surface area contributed by atoms with Crippen LogP contribution in [-0.2, 0) is 15.9 Å². The molecule has 0 bridgehead atoms. The van der Waals surface area contributed by atoms with Gasteiger partial charge in [0.15, 0.2) is 0 Å². The van der Waals surface area contributed by atoms with E-state index < -0.39 is 28.0 Å². The van der Waals surface area contributed by atoms with Gasteiger partial charge in [0, 0.05) is 5.56 Å². The molecule has 0 saturated heterocycles. The maximum absolute atomic E-state index is 11.9. The molecule has 9 heteroatoms. The third-order valence-electron chi connectivity index (χ3n) is 1.54. The van der Waals surface area contributed by atoms with Crippen molar-refractivity contribution in [2.75, 3.05) is 0 Å². The molecule has 0 spiro atoms. The summed E-state index contributed by atoms with van der Waals surface area (Å²) in [5.41, 5.74) is -0.262. The van der Waals surface area contributed by atoms with Crippen LogP contribution in [0, 0.1) is 0 Å². The molecule has 1 aromatic rings. The van der Waals surface area contributed by atoms with Crippen molar-refractivity contribution in [3.63, 3.8) is 0 Å². The predicted octanol–water partition coefficient (Wildman–Crippen LogP) is 1.32. The molecule has 92 valence electrons. The zero-order valence-electron chi connectivity index (χ0n) is 7.73. The number of hydrogen-bond acceptors (Lipinski definition) is 3. The Hall–Kier alpha value is -0.280. The molecule has 1 aromatic carbocycles. The van der Waals surface area contributed by atoms with Gasteiger partial charge in [0.1, 0.15) is 11.5 Å². The Bertz CT molecular complexity index is 472. The van der Waals surface area contributed by atoms with E-state index in [1.807, 2.05) is 0 Å². The minimum atomic E-state index is -4.91. The molecular formula is C8H8F3NaO4S. The minimum absolute atomic E-state index is 0. The van der Waals surface area contributed by atoms with E-state index in [1.165, 1.54) is 12.1 Å². The van der Waals surface area contributed by atoms with Gasteiger partial charge >= 0.3 is 35.9 Å². The normalized spacial score (nSPS) is 11.8. The summed E-state index contributed by atoms with van der Waals surface area (Å²) in [5.74, 6) is -1.58. The third-order valence-corrected chi connectivity index (χ3v) is 2.21. The summed E-state index contributed by atoms with van der Waals surface area (Å²) in [6, 6.07) is 4.68. The van der Waals surface area contributed by atoms with E-state index >= 15 is 0 Å². The summed E-state index contributed by atoms with van der Waals surface area (Å²) in [5, 5.41) is 0. The van der Waals surface area contributed by atoms with Gasteiger partial charge in [-0.25, -0.2) is 0 Å². The van der Waals surface area contributed by atoms with Crippen molar-refractivity contribution >= 4 is 39.7 Å². The van der Waals surface area contributed by atoms with Crippen molar-refractivity contribution in [2.24, 2.45) is 0 Å². The summed E-state index contributed by atoms with van der Waals surface area (Å²) in [6.07, 6.45) is -4.91. The monoisotopic (exact) mass is 280 g/mol. The molecule has 1 N–H and O–H groups in total. The summed E-state index contributed by atoms with van der Waals surface area (Å²) in [7, 11) is -4.40. The Balaban J connectivity index is 0.00000256. The molecule has 0 aliphatic heterocycles. The topological polar surface area (TPSA) is 63.6 Å². The zero-order valence-corrected chi connectivity index (χ0v) is 8.55. The Morgan fingerprint density at radius 3 is 2.24 bits per heavy atom. The molecule has 0 amide bonds. The van der Waals surface area contributed by atoms with Crippen LogP contribution in [0.2, 0.25) is 0 Å². The van der Waals surface area contributed by atoms with Gasteiger partial charge < -0.3 is 4.74 Å². The average Bonchev–Trinajstić information content (AvgIpc) is 2.03. The van der Waals surface area contributed by atoms with Gasteiger partial charge in [-0.05, 0) is 6.07 Å². The van der Waals surface area contributed by atoms with Crippen molar-refractivity contribution in [2.45, 2.75) is 12.1 Å². The SMILES string of the molecule is O=S(=O)(O)Cc1ccccc1OC(F)(F)F.[NaH]. The summed E-state index contributed by atoms with van der Waals surface area (Å²) in [6.45, 7) is 0. The van der Waals surface area contributed by atoms with Crippen LogP contribution in [0.3, 0.4) is 0 Å². The standard InChI is InChI=1S/C8H7F3O4S.Na.H/c9-8(10,11)15-7-4-2-1-3-6(7)5-16(12,13)14;;/h1-4H,5H2,(H,12,13,14);;. The molecule has 0 unspecified atom stereocenters. The summed E-state index contributed by atoms with van der Waals surface area (Å²) >= 11 is 0. The first-order valence-electron chi connectivity index (χ1n) is 3.96. The fourth-order valence-electron chi connectivity index (χ4n) is 1.04. The second-order valence-electron chi connectivity index (χ2n) is 2.88. The van der Waals surface area contributed by atoms with Crippen LogP contribution >= 0.6 is 0 Å². The number of hydrogen-bond donors (Lipinski definition) is 1. The van der Waals surface area contributed by atoms with E-state index in [0.29, 0.717) is 0 Å². The van der Waals surface area contributed by atoms with Crippen molar-refractivity contribution in [3.05, 3.63) is 29.8 Å². The molecule has 17 heavy (non-hydrogen) atoms. The molecule has 0 atom stereocenters. The second kappa shape index (κ2) is 6.05. The molecule has 0 heterocycles. The fraction of sp³-hybridized carbons (Fsp3) is 0.250. The van der Waals surface area contributed by atoms with Crippen molar-refractivity contribution in [1.29, 1.82) is 0 Å². The second-order valence-corrected chi connectivity index (χ2v) is 4.33. The van der Waals surface area contributed by atoms with Gasteiger partial charge in [-0.1, -0.05) is 18.2 Å². The van der Waals surface area contributed by atoms with Crippen LogP contribution in [0.15, 0.2) is 24.3 Å². The number of halogens is 3. The van der Waals surface area contributed by atoms with Gasteiger partial charge in [-0.3, -0.25) is 4.55 Å². The van der Waals surface area contributed by atoms with Crippen LogP contribution < -0.4 is 4.74 Å². The van der Waals surface area contributed by atoms with Crippen molar-refractivity contribution < 1.29 is 30.9 Å². The van der Waals surface area contributed by atoms with Crippen LogP contribution in [0.4, 0.5) is 13.2 Å². The summed E-state index contributed by atoms with van der Waals surface area (Å²) < 4.78 is 69.0. The van der Waals surface area contributed by atoms with E-state index in [4.69, 9.17) is 4.55 Å². The van der Waals surface area contributed by atoms with Gasteiger partial charge in [-0.15, -0.1) is 13.2 Å². The Labute approximate surface area is 118 Å². The first-order chi connectivity index (χ1) is 7.17. The molecule has 4 nitrogen and oxygen atoms in total. The van der Waals surface area contributed by atoms with E-state index in [9.17, 15) is 21.6 Å². The fourth-order valence-corrected chi connectivity index (χ4v) is 1.68. The maximum atomic E-state index is 11.9. The Morgan fingerprint density at radius 2 is 1.76 bits per heavy atom. The predicted molar refractivity (Wildman–Crippen MR) is 55.5 cm³/mol. The van der Waals surface area contributed by atoms with Crippen LogP contribution in [-0.4, -0.2) is 48.9 Å². The first kappa shape index (κ1) is 16.7. The molecule has 0 aromatic heterocycles. The van der Waals surface area contributed by atoms with E-state index in [2.05, 4.69) is 4.74 Å². The molecule has 0 fully saturated rings. The third kappa shape index (κ3) is 6.89. The van der Waals surface area contributed by atoms with Gasteiger partial charge in [0.2, 0.25) is 0 Å². The van der Waals surface area contributed by atoms with Crippen LogP contribution in [0.25, 0.3) is 0 Å². The molecular weight excluding hydrogens is 272 g/mol. The van der Waals surface area contributed by atoms with Gasteiger partial charge in [-0.2, -0.15) is 8.42 Å². The van der Waals surface area contributed by atoms with Crippen molar-refractivity contribution in [1.82, 2.24) is 0 Å². The van der Waals surface area contributed by atoms with Crippen LogP contribution in [0.5, 0.6) is 5.75 Å². The van der Waals surface area contributed by atoms with Gasteiger partial charge in [0.05, 0.1) is 0 Å².